The lowest BCUT2D eigenvalue weighted by molar-refractivity contribution is 0.0950. The molecular weight excluding hydrogens is 405 g/mol. The van der Waals surface area contributed by atoms with Gasteiger partial charge in [0, 0.05) is 18.9 Å². The van der Waals surface area contributed by atoms with Gasteiger partial charge in [-0.05, 0) is 48.4 Å². The summed E-state index contributed by atoms with van der Waals surface area (Å²) in [6.45, 7) is 2.72. The molecule has 0 aliphatic heterocycles. The second-order valence-corrected chi connectivity index (χ2v) is 7.20. The maximum absolute atomic E-state index is 13.2. The normalized spacial score (nSPS) is 10.9. The van der Waals surface area contributed by atoms with Crippen molar-refractivity contribution >= 4 is 17.5 Å². The van der Waals surface area contributed by atoms with Gasteiger partial charge in [-0.3, -0.25) is 9.48 Å². The zero-order valence-electron chi connectivity index (χ0n) is 16.2. The third-order valence-electron chi connectivity index (χ3n) is 4.65. The highest BCUT2D eigenvalue weighted by molar-refractivity contribution is 6.33. The van der Waals surface area contributed by atoms with Crippen molar-refractivity contribution in [3.63, 3.8) is 0 Å². The standard InChI is InChI=1S/C22H19ClFN5O/c1-15-20(21(23)29(27-15)19-8-6-18(24)7-9-19)22(30)25-13-16-4-2-5-17(12-16)14-28-11-3-10-26-28/h2-12H,13-14H2,1H3,(H,25,30). The van der Waals surface area contributed by atoms with Gasteiger partial charge in [0.1, 0.15) is 11.0 Å². The van der Waals surface area contributed by atoms with Crippen molar-refractivity contribution in [1.29, 1.82) is 0 Å². The van der Waals surface area contributed by atoms with E-state index in [9.17, 15) is 9.18 Å². The van der Waals surface area contributed by atoms with Gasteiger partial charge in [0.25, 0.3) is 5.91 Å². The molecule has 2 aromatic heterocycles. The average molecular weight is 424 g/mol. The predicted molar refractivity (Wildman–Crippen MR) is 112 cm³/mol. The molecule has 0 unspecified atom stereocenters. The van der Waals surface area contributed by atoms with Crippen molar-refractivity contribution in [1.82, 2.24) is 24.9 Å². The fourth-order valence-electron chi connectivity index (χ4n) is 3.20. The fraction of sp³-hybridized carbons (Fsp3) is 0.136. The van der Waals surface area contributed by atoms with Crippen molar-refractivity contribution in [3.05, 3.63) is 100 Å². The molecule has 0 saturated heterocycles. The number of amides is 1. The first-order valence-corrected chi connectivity index (χ1v) is 9.73. The number of halogens is 2. The zero-order chi connectivity index (χ0) is 21.1. The van der Waals surface area contributed by atoms with Crippen LogP contribution in [0.25, 0.3) is 5.69 Å². The monoisotopic (exact) mass is 423 g/mol. The molecule has 1 amide bonds. The topological polar surface area (TPSA) is 64.7 Å². The van der Waals surface area contributed by atoms with Crippen LogP contribution in [0, 0.1) is 12.7 Å². The molecule has 152 valence electrons. The van der Waals surface area contributed by atoms with E-state index in [1.165, 1.54) is 16.8 Å². The van der Waals surface area contributed by atoms with E-state index in [0.717, 1.165) is 11.1 Å². The second-order valence-electron chi connectivity index (χ2n) is 6.85. The molecule has 0 radical (unpaired) electrons. The molecule has 0 atom stereocenters. The molecule has 0 fully saturated rings. The van der Waals surface area contributed by atoms with Gasteiger partial charge in [-0.15, -0.1) is 0 Å². The molecule has 4 rings (SSSR count). The Morgan fingerprint density at radius 2 is 1.90 bits per heavy atom. The van der Waals surface area contributed by atoms with Gasteiger partial charge in [0.15, 0.2) is 0 Å². The Kier molecular flexibility index (Phi) is 5.63. The molecule has 0 bridgehead atoms. The van der Waals surface area contributed by atoms with Gasteiger partial charge in [-0.1, -0.05) is 35.9 Å². The molecule has 0 aliphatic carbocycles. The van der Waals surface area contributed by atoms with E-state index in [0.29, 0.717) is 30.0 Å². The van der Waals surface area contributed by atoms with E-state index in [1.54, 1.807) is 25.3 Å². The van der Waals surface area contributed by atoms with Crippen LogP contribution >= 0.6 is 11.6 Å². The van der Waals surface area contributed by atoms with Gasteiger partial charge in [-0.2, -0.15) is 10.2 Å². The molecule has 2 aromatic carbocycles. The number of aromatic nitrogens is 4. The molecule has 8 heteroatoms. The van der Waals surface area contributed by atoms with Gasteiger partial charge < -0.3 is 5.32 Å². The van der Waals surface area contributed by atoms with Gasteiger partial charge >= 0.3 is 0 Å². The summed E-state index contributed by atoms with van der Waals surface area (Å²) in [5, 5.41) is 11.6. The van der Waals surface area contributed by atoms with E-state index in [-0.39, 0.29) is 16.9 Å². The molecule has 1 N–H and O–H groups in total. The second kappa shape index (κ2) is 8.51. The molecule has 4 aromatic rings. The van der Waals surface area contributed by atoms with E-state index in [2.05, 4.69) is 15.5 Å². The number of hydrogen-bond acceptors (Lipinski definition) is 3. The summed E-state index contributed by atoms with van der Waals surface area (Å²) >= 11 is 6.42. The lowest BCUT2D eigenvalue weighted by Gasteiger charge is -2.08. The Hall–Kier alpha value is -3.45. The first-order valence-electron chi connectivity index (χ1n) is 9.36. The van der Waals surface area contributed by atoms with Crippen molar-refractivity contribution in [2.24, 2.45) is 0 Å². The largest absolute Gasteiger partial charge is 0.348 e. The highest BCUT2D eigenvalue weighted by Gasteiger charge is 2.21. The van der Waals surface area contributed by atoms with Crippen LogP contribution in [0.15, 0.2) is 67.0 Å². The molecule has 2 heterocycles. The van der Waals surface area contributed by atoms with Crippen LogP contribution in [-0.2, 0) is 13.1 Å². The van der Waals surface area contributed by atoms with Crippen molar-refractivity contribution in [2.75, 3.05) is 0 Å². The Morgan fingerprint density at radius 1 is 1.13 bits per heavy atom. The molecule has 6 nitrogen and oxygen atoms in total. The summed E-state index contributed by atoms with van der Waals surface area (Å²) in [6.07, 6.45) is 3.64. The highest BCUT2D eigenvalue weighted by atomic mass is 35.5. The van der Waals surface area contributed by atoms with Crippen LogP contribution in [0.3, 0.4) is 0 Å². The van der Waals surface area contributed by atoms with Gasteiger partial charge in [-0.25, -0.2) is 9.07 Å². The van der Waals surface area contributed by atoms with E-state index < -0.39 is 0 Å². The minimum absolute atomic E-state index is 0.184. The maximum atomic E-state index is 13.2. The predicted octanol–water partition coefficient (Wildman–Crippen LogP) is 4.15. The molecule has 0 aliphatic rings. The summed E-state index contributed by atoms with van der Waals surface area (Å²) in [6, 6.07) is 15.6. The van der Waals surface area contributed by atoms with E-state index in [1.807, 2.05) is 41.2 Å². The summed E-state index contributed by atoms with van der Waals surface area (Å²) < 4.78 is 16.4. The first-order chi connectivity index (χ1) is 14.5. The Labute approximate surface area is 177 Å². The molecule has 0 saturated carbocycles. The Bertz CT molecular complexity index is 1170. The Morgan fingerprint density at radius 3 is 2.63 bits per heavy atom. The molecule has 30 heavy (non-hydrogen) atoms. The third-order valence-corrected chi connectivity index (χ3v) is 5.00. The van der Waals surface area contributed by atoms with Crippen LogP contribution < -0.4 is 5.32 Å². The Balaban J connectivity index is 1.48. The van der Waals surface area contributed by atoms with E-state index in [4.69, 9.17) is 11.6 Å². The number of aryl methyl sites for hydroxylation is 1. The van der Waals surface area contributed by atoms with Gasteiger partial charge in [0.2, 0.25) is 0 Å². The fourth-order valence-corrected chi connectivity index (χ4v) is 3.56. The maximum Gasteiger partial charge on any atom is 0.256 e. The van der Waals surface area contributed by atoms with E-state index >= 15 is 0 Å². The van der Waals surface area contributed by atoms with Crippen LogP contribution in [0.2, 0.25) is 5.15 Å². The summed E-state index contributed by atoms with van der Waals surface area (Å²) in [5.74, 6) is -0.671. The third kappa shape index (κ3) is 4.26. The minimum Gasteiger partial charge on any atom is -0.348 e. The van der Waals surface area contributed by atoms with Crippen molar-refractivity contribution in [3.8, 4) is 5.69 Å². The summed E-state index contributed by atoms with van der Waals surface area (Å²) in [4.78, 5) is 12.8. The number of carbonyl (C=O) groups is 1. The quantitative estimate of drug-likeness (QED) is 0.506. The number of benzene rings is 2. The van der Waals surface area contributed by atoms with Crippen molar-refractivity contribution < 1.29 is 9.18 Å². The number of carbonyl (C=O) groups excluding carboxylic acids is 1. The lowest BCUT2D eigenvalue weighted by atomic mass is 10.1. The number of rotatable bonds is 6. The van der Waals surface area contributed by atoms with Crippen LogP contribution in [0.5, 0.6) is 0 Å². The van der Waals surface area contributed by atoms with Crippen LogP contribution in [0.1, 0.15) is 27.2 Å². The SMILES string of the molecule is Cc1nn(-c2ccc(F)cc2)c(Cl)c1C(=O)NCc1cccc(Cn2cccn2)c1. The summed E-state index contributed by atoms with van der Waals surface area (Å²) in [5.41, 5.74) is 3.43. The van der Waals surface area contributed by atoms with Gasteiger partial charge in [0.05, 0.1) is 23.5 Å². The number of nitrogens with zero attached hydrogens (tertiary/aromatic N) is 4. The highest BCUT2D eigenvalue weighted by Crippen LogP contribution is 2.23. The molecular formula is C22H19ClFN5O. The van der Waals surface area contributed by atoms with Crippen LogP contribution in [0.4, 0.5) is 4.39 Å². The molecule has 0 spiro atoms. The first kappa shape index (κ1) is 19.8. The average Bonchev–Trinajstić information content (AvgIpc) is 3.34. The zero-order valence-corrected chi connectivity index (χ0v) is 17.0. The summed E-state index contributed by atoms with van der Waals surface area (Å²) in [7, 11) is 0. The lowest BCUT2D eigenvalue weighted by Crippen LogP contribution is -2.23. The minimum atomic E-state index is -0.355. The smallest absolute Gasteiger partial charge is 0.256 e. The number of nitrogens with one attached hydrogen (secondary N) is 1. The number of hydrogen-bond donors (Lipinski definition) is 1. The van der Waals surface area contributed by atoms with Crippen molar-refractivity contribution in [2.45, 2.75) is 20.0 Å². The van der Waals surface area contributed by atoms with Crippen LogP contribution in [-0.4, -0.2) is 25.5 Å².